The van der Waals surface area contributed by atoms with Crippen molar-refractivity contribution in [3.05, 3.63) is 259 Å². The van der Waals surface area contributed by atoms with Crippen LogP contribution in [0, 0.1) is 18.2 Å². The van der Waals surface area contributed by atoms with Gasteiger partial charge >= 0.3 is 20.1 Å². The normalized spacial score (nSPS) is 11.1. The largest absolute Gasteiger partial charge is 3.00 e. The van der Waals surface area contributed by atoms with Gasteiger partial charge < -0.3 is 15.0 Å². The number of aryl methyl sites for hydroxylation is 4. The minimum absolute atomic E-state index is 0. The minimum Gasteiger partial charge on any atom is -0.305 e. The summed E-state index contributed by atoms with van der Waals surface area (Å²) in [4.78, 5) is 14.0. The molecule has 0 unspecified atom stereocenters. The van der Waals surface area contributed by atoms with Gasteiger partial charge in [0.15, 0.2) is 0 Å². The Hall–Kier alpha value is -7.62. The second-order valence-corrected chi connectivity index (χ2v) is 16.9. The first-order valence-corrected chi connectivity index (χ1v) is 22.6. The molecule has 0 amide bonds. The monoisotopic (exact) mass is 1040 g/mol. The van der Waals surface area contributed by atoms with E-state index in [0.29, 0.717) is 0 Å². The molecule has 320 valence electrons. The van der Waals surface area contributed by atoms with E-state index in [-0.39, 0.29) is 20.1 Å². The van der Waals surface area contributed by atoms with Crippen LogP contribution in [0.15, 0.2) is 219 Å². The standard InChI is InChI=1S/C63H44N3.Ir/c1-2-10-48(11-3-1)49-28-30-50(31-29-49)58-36-39-66-63-59-34-32-53(43-54(59)33-35-60(58)63)56-12-4-5-13-57(56)55-41-46(18-16-44-20-24-51(25-21-44)61-14-6-8-37-64-61)40-47(42-55)19-17-45-22-26-52(27-23-45)62-15-7-9-38-65-62;/h1-15,20-24,26,28-33,35-43H,16-19H2;/q-3;+3. The Morgan fingerprint density at radius 1 is 0.343 bits per heavy atom. The van der Waals surface area contributed by atoms with Gasteiger partial charge in [-0.15, -0.1) is 99.8 Å². The Balaban J connectivity index is 0.00000525. The molecule has 3 aromatic heterocycles. The number of benzene rings is 8. The Bertz CT molecular complexity index is 3320. The van der Waals surface area contributed by atoms with Gasteiger partial charge in [0.1, 0.15) is 0 Å². The molecule has 0 fully saturated rings. The maximum Gasteiger partial charge on any atom is 3.00 e. The molecule has 0 aliphatic carbocycles. The van der Waals surface area contributed by atoms with Crippen molar-refractivity contribution in [1.82, 2.24) is 15.0 Å². The maximum atomic E-state index is 4.92. The number of pyridine rings is 3. The molecule has 8 aromatic carbocycles. The summed E-state index contributed by atoms with van der Waals surface area (Å²) < 4.78 is 0. The fourth-order valence-electron chi connectivity index (χ4n) is 9.10. The summed E-state index contributed by atoms with van der Waals surface area (Å²) in [6.45, 7) is 0. The number of aromatic nitrogens is 3. The third-order valence-electron chi connectivity index (χ3n) is 12.6. The first-order chi connectivity index (χ1) is 32.7. The molecule has 3 heterocycles. The summed E-state index contributed by atoms with van der Waals surface area (Å²) in [6.07, 6.45) is 9.23. The van der Waals surface area contributed by atoms with Crippen LogP contribution < -0.4 is 0 Å². The average Bonchev–Trinajstić information content (AvgIpc) is 3.40. The van der Waals surface area contributed by atoms with Crippen LogP contribution in [0.2, 0.25) is 0 Å². The molecule has 0 saturated heterocycles. The van der Waals surface area contributed by atoms with Gasteiger partial charge in [-0.3, -0.25) is 0 Å². The number of fused-ring (bicyclic) bond motifs is 3. The number of hydrogen-bond acceptors (Lipinski definition) is 3. The molecule has 11 rings (SSSR count). The summed E-state index contributed by atoms with van der Waals surface area (Å²) >= 11 is 0. The Morgan fingerprint density at radius 2 is 0.910 bits per heavy atom. The van der Waals surface area contributed by atoms with Crippen LogP contribution in [0.3, 0.4) is 0 Å². The van der Waals surface area contributed by atoms with Crippen LogP contribution in [0.1, 0.15) is 22.3 Å². The Morgan fingerprint density at radius 3 is 1.51 bits per heavy atom. The van der Waals surface area contributed by atoms with Crippen molar-refractivity contribution in [3.63, 3.8) is 0 Å². The van der Waals surface area contributed by atoms with Crippen molar-refractivity contribution >= 4 is 21.7 Å². The zero-order valence-electron chi connectivity index (χ0n) is 36.8. The van der Waals surface area contributed by atoms with Crippen molar-refractivity contribution in [1.29, 1.82) is 0 Å². The summed E-state index contributed by atoms with van der Waals surface area (Å²) in [6, 6.07) is 81.9. The SMILES string of the molecule is [Ir+3].[c-]1cc(CCc2cc(CCc3c[c-]c(-c4ccccn4)cc3)cc(-c3ccccc3-c3c[c-]c4c(ccc5c(-c6ccc(-c7ccccc7)cc6)ccnc54)c3)c2)ccc1-c1ccccn1. The third kappa shape index (κ3) is 9.55. The van der Waals surface area contributed by atoms with Gasteiger partial charge in [-0.1, -0.05) is 157 Å². The van der Waals surface area contributed by atoms with Crippen LogP contribution in [-0.2, 0) is 45.8 Å². The molecule has 0 spiro atoms. The van der Waals surface area contributed by atoms with Crippen molar-refractivity contribution in [3.8, 4) is 67.0 Å². The van der Waals surface area contributed by atoms with E-state index < -0.39 is 0 Å². The summed E-state index contributed by atoms with van der Waals surface area (Å²) in [5.41, 5.74) is 19.5. The van der Waals surface area contributed by atoms with E-state index in [1.54, 1.807) is 0 Å². The van der Waals surface area contributed by atoms with Crippen LogP contribution in [-0.4, -0.2) is 15.0 Å². The van der Waals surface area contributed by atoms with E-state index in [0.717, 1.165) is 75.4 Å². The molecule has 0 radical (unpaired) electrons. The molecule has 0 bridgehead atoms. The van der Waals surface area contributed by atoms with Gasteiger partial charge in [0.25, 0.3) is 0 Å². The van der Waals surface area contributed by atoms with Crippen LogP contribution >= 0.6 is 0 Å². The van der Waals surface area contributed by atoms with E-state index in [4.69, 9.17) is 4.98 Å². The van der Waals surface area contributed by atoms with E-state index in [1.807, 2.05) is 55.0 Å². The Labute approximate surface area is 406 Å². The molecular weight excluding hydrogens is 991 g/mol. The predicted octanol–water partition coefficient (Wildman–Crippen LogP) is 15.1. The van der Waals surface area contributed by atoms with Crippen LogP contribution in [0.5, 0.6) is 0 Å². The van der Waals surface area contributed by atoms with Gasteiger partial charge in [-0.25, -0.2) is 0 Å². The topological polar surface area (TPSA) is 38.7 Å². The van der Waals surface area contributed by atoms with Crippen molar-refractivity contribution in [2.75, 3.05) is 0 Å². The smallest absolute Gasteiger partial charge is 0.305 e. The molecule has 4 heteroatoms. The van der Waals surface area contributed by atoms with E-state index in [1.165, 1.54) is 61.2 Å². The van der Waals surface area contributed by atoms with E-state index >= 15 is 0 Å². The molecular formula is C63H44IrN3. The quantitative estimate of drug-likeness (QED) is 0.0904. The van der Waals surface area contributed by atoms with Crippen molar-refractivity contribution in [2.24, 2.45) is 0 Å². The van der Waals surface area contributed by atoms with Gasteiger partial charge in [0.2, 0.25) is 0 Å². The number of nitrogens with zero attached hydrogens (tertiary/aromatic N) is 3. The second-order valence-electron chi connectivity index (χ2n) is 16.9. The van der Waals surface area contributed by atoms with Gasteiger partial charge in [0, 0.05) is 18.6 Å². The second kappa shape index (κ2) is 19.9. The fraction of sp³-hybridized carbons (Fsp3) is 0.0635. The minimum atomic E-state index is 0. The van der Waals surface area contributed by atoms with Crippen LogP contribution in [0.25, 0.3) is 88.7 Å². The van der Waals surface area contributed by atoms with Crippen molar-refractivity contribution in [2.45, 2.75) is 25.7 Å². The van der Waals surface area contributed by atoms with Gasteiger partial charge in [0.05, 0.1) is 0 Å². The van der Waals surface area contributed by atoms with Gasteiger partial charge in [-0.05, 0) is 97.8 Å². The molecule has 67 heavy (non-hydrogen) atoms. The first-order valence-electron chi connectivity index (χ1n) is 22.6. The zero-order chi connectivity index (χ0) is 44.1. The fourth-order valence-corrected chi connectivity index (χ4v) is 9.10. The maximum absolute atomic E-state index is 4.92. The van der Waals surface area contributed by atoms with Crippen molar-refractivity contribution < 1.29 is 20.1 Å². The van der Waals surface area contributed by atoms with Gasteiger partial charge in [-0.2, -0.15) is 0 Å². The zero-order valence-corrected chi connectivity index (χ0v) is 39.2. The predicted molar refractivity (Wildman–Crippen MR) is 272 cm³/mol. The third-order valence-corrected chi connectivity index (χ3v) is 12.6. The molecule has 0 aliphatic heterocycles. The summed E-state index contributed by atoms with van der Waals surface area (Å²) in [7, 11) is 0. The first kappa shape index (κ1) is 43.3. The number of rotatable bonds is 12. The molecule has 0 atom stereocenters. The molecule has 0 aliphatic rings. The Kier molecular flexibility index (Phi) is 12.8. The number of hydrogen-bond donors (Lipinski definition) is 0. The van der Waals surface area contributed by atoms with E-state index in [9.17, 15) is 0 Å². The average molecular weight is 1040 g/mol. The van der Waals surface area contributed by atoms with Crippen LogP contribution in [0.4, 0.5) is 0 Å². The van der Waals surface area contributed by atoms with E-state index in [2.05, 4.69) is 192 Å². The molecule has 11 aromatic rings. The summed E-state index contributed by atoms with van der Waals surface area (Å²) in [5.74, 6) is 0. The molecule has 0 saturated carbocycles. The summed E-state index contributed by atoms with van der Waals surface area (Å²) in [5, 5.41) is 3.26. The molecule has 0 N–H and O–H groups in total. The molecule has 3 nitrogen and oxygen atoms in total.